The number of rotatable bonds is 10. The molecule has 0 N–H and O–H groups in total. The first-order valence-electron chi connectivity index (χ1n) is 8.60. The Hall–Kier alpha value is -1.51. The van der Waals surface area contributed by atoms with Crippen molar-refractivity contribution in [1.82, 2.24) is 0 Å². The second-order valence-electron chi connectivity index (χ2n) is 5.83. The third-order valence-corrected chi connectivity index (χ3v) is 4.12. The van der Waals surface area contributed by atoms with Crippen LogP contribution >= 0.6 is 0 Å². The van der Waals surface area contributed by atoms with Crippen LogP contribution < -0.4 is 4.90 Å². The number of hydrogen-bond acceptors (Lipinski definition) is 3. The number of carbonyl (C=O) groups is 1. The van der Waals surface area contributed by atoms with Crippen molar-refractivity contribution in [2.75, 3.05) is 24.6 Å². The highest BCUT2D eigenvalue weighted by molar-refractivity contribution is 5.72. The Kier molecular flexibility index (Phi) is 8.64. The Morgan fingerprint density at radius 3 is 2.41 bits per heavy atom. The van der Waals surface area contributed by atoms with E-state index in [0.29, 0.717) is 6.61 Å². The fourth-order valence-electron chi connectivity index (χ4n) is 2.54. The molecule has 0 amide bonds. The minimum atomic E-state index is -0.0316. The van der Waals surface area contributed by atoms with Crippen molar-refractivity contribution in [1.29, 1.82) is 0 Å². The van der Waals surface area contributed by atoms with Gasteiger partial charge in [0.15, 0.2) is 0 Å². The second kappa shape index (κ2) is 10.3. The molecular formula is C19H31NO2. The summed E-state index contributed by atoms with van der Waals surface area (Å²) in [5, 5.41) is 0. The summed E-state index contributed by atoms with van der Waals surface area (Å²) in [6, 6.07) is 8.47. The molecule has 1 aromatic rings. The molecule has 0 saturated heterocycles. The summed E-state index contributed by atoms with van der Waals surface area (Å²) in [5.74, 6) is 0.0327. The summed E-state index contributed by atoms with van der Waals surface area (Å²) >= 11 is 0. The number of anilines is 1. The Morgan fingerprint density at radius 1 is 1.18 bits per heavy atom. The Morgan fingerprint density at radius 2 is 1.86 bits per heavy atom. The minimum absolute atomic E-state index is 0.0316. The van der Waals surface area contributed by atoms with Crippen molar-refractivity contribution < 1.29 is 9.53 Å². The molecule has 0 aromatic heterocycles. The van der Waals surface area contributed by atoms with Crippen LogP contribution in [0.5, 0.6) is 0 Å². The van der Waals surface area contributed by atoms with Gasteiger partial charge in [-0.05, 0) is 38.8 Å². The van der Waals surface area contributed by atoms with Crippen molar-refractivity contribution >= 4 is 11.7 Å². The van der Waals surface area contributed by atoms with Crippen LogP contribution in [0.3, 0.4) is 0 Å². The molecule has 1 unspecified atom stereocenters. The van der Waals surface area contributed by atoms with Crippen LogP contribution in [0.4, 0.5) is 5.69 Å². The zero-order valence-electron chi connectivity index (χ0n) is 14.6. The topological polar surface area (TPSA) is 29.5 Å². The van der Waals surface area contributed by atoms with Crippen molar-refractivity contribution in [3.05, 3.63) is 29.8 Å². The highest BCUT2D eigenvalue weighted by Crippen LogP contribution is 2.16. The van der Waals surface area contributed by atoms with Crippen molar-refractivity contribution in [3.63, 3.8) is 0 Å². The maximum absolute atomic E-state index is 12.1. The number of hydrogen-bond donors (Lipinski definition) is 0. The SMILES string of the molecule is CCCCC(CC)C(=O)OCCN(CC)c1ccc(C)cc1. The summed E-state index contributed by atoms with van der Waals surface area (Å²) in [7, 11) is 0. The number of likely N-dealkylation sites (N-methyl/N-ethyl adjacent to an activating group) is 1. The lowest BCUT2D eigenvalue weighted by Crippen LogP contribution is -2.29. The van der Waals surface area contributed by atoms with Crippen LogP contribution in [0, 0.1) is 12.8 Å². The molecule has 0 aliphatic rings. The molecule has 1 atom stereocenters. The average molecular weight is 305 g/mol. The first-order chi connectivity index (χ1) is 10.6. The van der Waals surface area contributed by atoms with Crippen molar-refractivity contribution in [3.8, 4) is 0 Å². The number of carbonyl (C=O) groups excluding carboxylic acids is 1. The molecule has 3 heteroatoms. The molecule has 3 nitrogen and oxygen atoms in total. The van der Waals surface area contributed by atoms with Crippen LogP contribution in [0.2, 0.25) is 0 Å². The predicted molar refractivity (Wildman–Crippen MR) is 93.3 cm³/mol. The quantitative estimate of drug-likeness (QED) is 0.593. The van der Waals surface area contributed by atoms with E-state index in [4.69, 9.17) is 4.74 Å². The molecule has 0 spiro atoms. The third-order valence-electron chi connectivity index (χ3n) is 4.12. The first-order valence-corrected chi connectivity index (χ1v) is 8.60. The largest absolute Gasteiger partial charge is 0.464 e. The van der Waals surface area contributed by atoms with Crippen LogP contribution in [0.1, 0.15) is 52.0 Å². The van der Waals surface area contributed by atoms with E-state index < -0.39 is 0 Å². The van der Waals surface area contributed by atoms with Gasteiger partial charge in [-0.15, -0.1) is 0 Å². The van der Waals surface area contributed by atoms with E-state index in [1.807, 2.05) is 0 Å². The number of benzene rings is 1. The number of ether oxygens (including phenoxy) is 1. The van der Waals surface area contributed by atoms with Gasteiger partial charge >= 0.3 is 5.97 Å². The number of unbranched alkanes of at least 4 members (excludes halogenated alkanes) is 1. The van der Waals surface area contributed by atoms with Gasteiger partial charge in [0.25, 0.3) is 0 Å². The fraction of sp³-hybridized carbons (Fsp3) is 0.632. The molecule has 0 fully saturated rings. The summed E-state index contributed by atoms with van der Waals surface area (Å²) in [6.45, 7) is 10.5. The van der Waals surface area contributed by atoms with Crippen molar-refractivity contribution in [2.24, 2.45) is 5.92 Å². The van der Waals surface area contributed by atoms with Gasteiger partial charge < -0.3 is 9.64 Å². The van der Waals surface area contributed by atoms with Gasteiger partial charge in [-0.1, -0.05) is 44.4 Å². The third kappa shape index (κ3) is 6.08. The van der Waals surface area contributed by atoms with Gasteiger partial charge in [0.05, 0.1) is 12.5 Å². The predicted octanol–water partition coefficient (Wildman–Crippen LogP) is 4.58. The number of esters is 1. The van der Waals surface area contributed by atoms with E-state index in [9.17, 15) is 4.79 Å². The molecule has 22 heavy (non-hydrogen) atoms. The number of nitrogens with zero attached hydrogens (tertiary/aromatic N) is 1. The van der Waals surface area contributed by atoms with Gasteiger partial charge in [0.2, 0.25) is 0 Å². The summed E-state index contributed by atoms with van der Waals surface area (Å²) in [4.78, 5) is 14.3. The lowest BCUT2D eigenvalue weighted by Gasteiger charge is -2.23. The second-order valence-corrected chi connectivity index (χ2v) is 5.83. The van der Waals surface area contributed by atoms with Crippen LogP contribution in [0.25, 0.3) is 0 Å². The van der Waals surface area contributed by atoms with E-state index in [-0.39, 0.29) is 11.9 Å². The molecule has 0 heterocycles. The maximum Gasteiger partial charge on any atom is 0.308 e. The summed E-state index contributed by atoms with van der Waals surface area (Å²) in [6.07, 6.45) is 4.04. The maximum atomic E-state index is 12.1. The number of aryl methyl sites for hydroxylation is 1. The van der Waals surface area contributed by atoms with E-state index >= 15 is 0 Å². The van der Waals surface area contributed by atoms with Gasteiger partial charge in [-0.3, -0.25) is 4.79 Å². The van der Waals surface area contributed by atoms with Crippen LogP contribution in [0.15, 0.2) is 24.3 Å². The molecule has 0 radical (unpaired) electrons. The molecular weight excluding hydrogens is 274 g/mol. The van der Waals surface area contributed by atoms with E-state index in [1.54, 1.807) is 0 Å². The lowest BCUT2D eigenvalue weighted by molar-refractivity contribution is -0.148. The van der Waals surface area contributed by atoms with Crippen LogP contribution in [-0.2, 0) is 9.53 Å². The zero-order valence-corrected chi connectivity index (χ0v) is 14.6. The Balaban J connectivity index is 2.43. The molecule has 0 aliphatic heterocycles. The fourth-order valence-corrected chi connectivity index (χ4v) is 2.54. The molecule has 0 aliphatic carbocycles. The monoisotopic (exact) mass is 305 g/mol. The van der Waals surface area contributed by atoms with Gasteiger partial charge in [-0.2, -0.15) is 0 Å². The average Bonchev–Trinajstić information content (AvgIpc) is 2.53. The molecule has 0 saturated carbocycles. The van der Waals surface area contributed by atoms with E-state index in [2.05, 4.69) is 56.9 Å². The smallest absolute Gasteiger partial charge is 0.308 e. The Bertz CT molecular complexity index is 428. The van der Waals surface area contributed by atoms with Crippen LogP contribution in [-0.4, -0.2) is 25.7 Å². The highest BCUT2D eigenvalue weighted by atomic mass is 16.5. The minimum Gasteiger partial charge on any atom is -0.464 e. The van der Waals surface area contributed by atoms with E-state index in [0.717, 1.165) is 38.8 Å². The van der Waals surface area contributed by atoms with Gasteiger partial charge in [0.1, 0.15) is 6.61 Å². The lowest BCUT2D eigenvalue weighted by atomic mass is 10.00. The molecule has 1 aromatic carbocycles. The zero-order chi connectivity index (χ0) is 16.4. The van der Waals surface area contributed by atoms with Gasteiger partial charge in [0, 0.05) is 12.2 Å². The standard InChI is InChI=1S/C19H31NO2/c1-5-8-9-17(6-2)19(21)22-15-14-20(7-3)18-12-10-16(4)11-13-18/h10-13,17H,5-9,14-15H2,1-4H3. The van der Waals surface area contributed by atoms with E-state index in [1.165, 1.54) is 11.3 Å². The molecule has 0 bridgehead atoms. The first kappa shape index (κ1) is 18.5. The highest BCUT2D eigenvalue weighted by Gasteiger charge is 2.17. The molecule has 124 valence electrons. The molecule has 1 rings (SSSR count). The van der Waals surface area contributed by atoms with Gasteiger partial charge in [-0.25, -0.2) is 0 Å². The summed E-state index contributed by atoms with van der Waals surface area (Å²) < 4.78 is 5.49. The Labute approximate surface area is 135 Å². The summed E-state index contributed by atoms with van der Waals surface area (Å²) in [5.41, 5.74) is 2.44. The normalized spacial score (nSPS) is 12.0. The van der Waals surface area contributed by atoms with Crippen molar-refractivity contribution in [2.45, 2.75) is 53.4 Å².